The first kappa shape index (κ1) is 11.7. The summed E-state index contributed by atoms with van der Waals surface area (Å²) < 4.78 is 5.67. The molecule has 0 amide bonds. The fourth-order valence-corrected chi connectivity index (χ4v) is 2.77. The molecule has 0 spiro atoms. The monoisotopic (exact) mass is 241 g/mol. The van der Waals surface area contributed by atoms with Gasteiger partial charge in [-0.2, -0.15) is 0 Å². The Morgan fingerprint density at radius 1 is 1.11 bits per heavy atom. The van der Waals surface area contributed by atoms with Gasteiger partial charge in [-0.25, -0.2) is 0 Å². The lowest BCUT2D eigenvalue weighted by molar-refractivity contribution is 0.134. The molecule has 1 aliphatic heterocycles. The first-order valence-corrected chi connectivity index (χ1v) is 6.41. The molecule has 2 aromatic carbocycles. The van der Waals surface area contributed by atoms with E-state index in [0.717, 1.165) is 19.8 Å². The van der Waals surface area contributed by atoms with Gasteiger partial charge in [0.2, 0.25) is 0 Å². The highest BCUT2D eigenvalue weighted by Crippen LogP contribution is 2.32. The van der Waals surface area contributed by atoms with Crippen molar-refractivity contribution in [2.24, 2.45) is 0 Å². The van der Waals surface area contributed by atoms with Crippen LogP contribution in [0.4, 0.5) is 0 Å². The van der Waals surface area contributed by atoms with Gasteiger partial charge in [-0.1, -0.05) is 23.8 Å². The Morgan fingerprint density at radius 2 is 1.89 bits per heavy atom. The number of hydrogen-bond acceptors (Lipinski definition) is 2. The molecule has 2 nitrogen and oxygen atoms in total. The van der Waals surface area contributed by atoms with E-state index in [2.05, 4.69) is 50.2 Å². The number of hydrogen-bond donors (Lipinski definition) is 0. The quantitative estimate of drug-likeness (QED) is 0.800. The molecule has 0 aliphatic carbocycles. The van der Waals surface area contributed by atoms with Crippen LogP contribution in [0.2, 0.25) is 0 Å². The summed E-state index contributed by atoms with van der Waals surface area (Å²) >= 11 is 0. The highest BCUT2D eigenvalue weighted by atomic mass is 16.5. The summed E-state index contributed by atoms with van der Waals surface area (Å²) in [6.45, 7) is 4.66. The van der Waals surface area contributed by atoms with Crippen molar-refractivity contribution < 1.29 is 4.74 Å². The number of rotatable bonds is 2. The molecule has 0 radical (unpaired) electrons. The average molecular weight is 241 g/mol. The maximum atomic E-state index is 5.67. The first-order valence-electron chi connectivity index (χ1n) is 6.41. The molecule has 0 saturated carbocycles. The molecule has 0 N–H and O–H groups in total. The lowest BCUT2D eigenvalue weighted by atomic mass is 9.94. The minimum atomic E-state index is 0.760. The molecule has 2 aromatic rings. The van der Waals surface area contributed by atoms with Gasteiger partial charge in [-0.3, -0.25) is 0 Å². The Morgan fingerprint density at radius 3 is 2.67 bits per heavy atom. The summed E-state index contributed by atoms with van der Waals surface area (Å²) in [5, 5.41) is 2.70. The molecule has 18 heavy (non-hydrogen) atoms. The van der Waals surface area contributed by atoms with Gasteiger partial charge in [0, 0.05) is 6.54 Å². The third-order valence-electron chi connectivity index (χ3n) is 3.59. The van der Waals surface area contributed by atoms with Crippen LogP contribution in [-0.2, 0) is 24.5 Å². The van der Waals surface area contributed by atoms with Crippen molar-refractivity contribution in [2.45, 2.75) is 26.7 Å². The number of benzene rings is 2. The largest absolute Gasteiger partial charge is 0.372 e. The number of nitrogens with zero attached hydrogens (tertiary/aromatic N) is 1. The second-order valence-corrected chi connectivity index (χ2v) is 5.45. The van der Waals surface area contributed by atoms with Crippen LogP contribution in [0.15, 0.2) is 24.3 Å². The topological polar surface area (TPSA) is 12.5 Å². The van der Waals surface area contributed by atoms with Crippen LogP contribution in [0, 0.1) is 6.92 Å². The Balaban J connectivity index is 2.24. The lowest BCUT2D eigenvalue weighted by Gasteiger charge is -2.15. The van der Waals surface area contributed by atoms with Crippen LogP contribution in [0.5, 0.6) is 0 Å². The van der Waals surface area contributed by atoms with Gasteiger partial charge in [-0.15, -0.1) is 0 Å². The maximum absolute atomic E-state index is 5.67. The van der Waals surface area contributed by atoms with Crippen LogP contribution >= 0.6 is 0 Å². The van der Waals surface area contributed by atoms with E-state index in [1.54, 1.807) is 0 Å². The Labute approximate surface area is 108 Å². The molecular formula is C16H19NO. The van der Waals surface area contributed by atoms with Crippen LogP contribution in [-0.4, -0.2) is 19.0 Å². The molecule has 0 atom stereocenters. The van der Waals surface area contributed by atoms with E-state index < -0.39 is 0 Å². The van der Waals surface area contributed by atoms with E-state index in [9.17, 15) is 0 Å². The molecule has 0 fully saturated rings. The summed E-state index contributed by atoms with van der Waals surface area (Å²) in [6, 6.07) is 9.01. The van der Waals surface area contributed by atoms with Gasteiger partial charge >= 0.3 is 0 Å². The van der Waals surface area contributed by atoms with Gasteiger partial charge in [-0.05, 0) is 54.5 Å². The van der Waals surface area contributed by atoms with Gasteiger partial charge < -0.3 is 9.64 Å². The number of fused-ring (bicyclic) bond motifs is 3. The van der Waals surface area contributed by atoms with Crippen molar-refractivity contribution >= 4 is 10.8 Å². The normalized spacial score (nSPS) is 14.4. The fourth-order valence-electron chi connectivity index (χ4n) is 2.77. The van der Waals surface area contributed by atoms with Gasteiger partial charge in [0.25, 0.3) is 0 Å². The fraction of sp³-hybridized carbons (Fsp3) is 0.375. The van der Waals surface area contributed by atoms with Crippen molar-refractivity contribution in [3.05, 3.63) is 46.5 Å². The van der Waals surface area contributed by atoms with Crippen molar-refractivity contribution in [1.82, 2.24) is 4.90 Å². The highest BCUT2D eigenvalue weighted by Gasteiger charge is 2.19. The lowest BCUT2D eigenvalue weighted by Crippen LogP contribution is -2.12. The molecule has 1 heterocycles. The third kappa shape index (κ3) is 1.92. The second-order valence-electron chi connectivity index (χ2n) is 5.45. The predicted molar refractivity (Wildman–Crippen MR) is 74.6 cm³/mol. The smallest absolute Gasteiger partial charge is 0.0731 e. The predicted octanol–water partition coefficient (Wildman–Crippen LogP) is 3.24. The molecule has 3 rings (SSSR count). The van der Waals surface area contributed by atoms with E-state index in [1.807, 2.05) is 0 Å². The van der Waals surface area contributed by atoms with E-state index in [4.69, 9.17) is 4.74 Å². The summed E-state index contributed by atoms with van der Waals surface area (Å²) in [6.07, 6.45) is 0. The summed E-state index contributed by atoms with van der Waals surface area (Å²) in [4.78, 5) is 2.22. The molecule has 0 bridgehead atoms. The minimum Gasteiger partial charge on any atom is -0.372 e. The van der Waals surface area contributed by atoms with Gasteiger partial charge in [0.05, 0.1) is 13.2 Å². The van der Waals surface area contributed by atoms with Crippen LogP contribution in [0.1, 0.15) is 22.3 Å². The third-order valence-corrected chi connectivity index (χ3v) is 3.59. The van der Waals surface area contributed by atoms with Crippen molar-refractivity contribution in [3.63, 3.8) is 0 Å². The molecule has 0 unspecified atom stereocenters. The Hall–Kier alpha value is -1.38. The first-order chi connectivity index (χ1) is 8.65. The molecule has 1 aliphatic rings. The Kier molecular flexibility index (Phi) is 2.84. The van der Waals surface area contributed by atoms with E-state index in [1.165, 1.54) is 33.0 Å². The molecule has 94 valence electrons. The van der Waals surface area contributed by atoms with Gasteiger partial charge in [0.15, 0.2) is 0 Å². The molecular weight excluding hydrogens is 222 g/mol. The van der Waals surface area contributed by atoms with E-state index >= 15 is 0 Å². The standard InChI is InChI=1S/C16H19NO/c1-11-4-5-12-7-13(8-17(2)3)15-9-18-10-16(15)14(12)6-11/h4-7H,8-10H2,1-3H3. The molecule has 2 heteroatoms. The van der Waals surface area contributed by atoms with Crippen LogP contribution < -0.4 is 0 Å². The van der Waals surface area contributed by atoms with Crippen LogP contribution in [0.25, 0.3) is 10.8 Å². The zero-order valence-corrected chi connectivity index (χ0v) is 11.3. The van der Waals surface area contributed by atoms with Crippen molar-refractivity contribution in [1.29, 1.82) is 0 Å². The van der Waals surface area contributed by atoms with Crippen LogP contribution in [0.3, 0.4) is 0 Å². The van der Waals surface area contributed by atoms with Crippen molar-refractivity contribution in [2.75, 3.05) is 14.1 Å². The minimum absolute atomic E-state index is 0.760. The summed E-state index contributed by atoms with van der Waals surface area (Å²) in [5.41, 5.74) is 5.52. The number of aryl methyl sites for hydroxylation is 1. The molecule has 0 aromatic heterocycles. The average Bonchev–Trinajstić information content (AvgIpc) is 2.79. The molecule has 0 saturated heterocycles. The van der Waals surface area contributed by atoms with E-state index in [-0.39, 0.29) is 0 Å². The van der Waals surface area contributed by atoms with E-state index in [0.29, 0.717) is 0 Å². The zero-order valence-electron chi connectivity index (χ0n) is 11.3. The second kappa shape index (κ2) is 4.38. The highest BCUT2D eigenvalue weighted by molar-refractivity contribution is 5.88. The summed E-state index contributed by atoms with van der Waals surface area (Å²) in [7, 11) is 4.23. The zero-order chi connectivity index (χ0) is 12.7. The SMILES string of the molecule is Cc1ccc2cc(CN(C)C)c3c(c2c1)COC3. The van der Waals surface area contributed by atoms with Gasteiger partial charge in [0.1, 0.15) is 0 Å². The van der Waals surface area contributed by atoms with Crippen molar-refractivity contribution in [3.8, 4) is 0 Å². The number of ether oxygens (including phenoxy) is 1. The maximum Gasteiger partial charge on any atom is 0.0731 e. The summed E-state index contributed by atoms with van der Waals surface area (Å²) in [5.74, 6) is 0. The Bertz CT molecular complexity index is 602.